The highest BCUT2D eigenvalue weighted by molar-refractivity contribution is 5.96. The maximum atomic E-state index is 12.5. The van der Waals surface area contributed by atoms with Crippen LogP contribution in [0.3, 0.4) is 0 Å². The van der Waals surface area contributed by atoms with Gasteiger partial charge in [-0.25, -0.2) is 9.78 Å². The third-order valence-electron chi connectivity index (χ3n) is 4.84. The third-order valence-corrected chi connectivity index (χ3v) is 4.84. The first-order chi connectivity index (χ1) is 10.4. The SMILES string of the molecule is Cc1nc(C2CC2)oc1C(=O)NC1(C(=O)O)CCC(C)CC1. The van der Waals surface area contributed by atoms with E-state index in [1.54, 1.807) is 6.92 Å². The fourth-order valence-electron chi connectivity index (χ4n) is 3.05. The van der Waals surface area contributed by atoms with Gasteiger partial charge < -0.3 is 14.8 Å². The third kappa shape index (κ3) is 2.74. The van der Waals surface area contributed by atoms with E-state index in [-0.39, 0.29) is 5.76 Å². The molecular weight excluding hydrogens is 284 g/mol. The first kappa shape index (κ1) is 15.1. The molecule has 0 aliphatic heterocycles. The van der Waals surface area contributed by atoms with Crippen molar-refractivity contribution in [1.82, 2.24) is 10.3 Å². The van der Waals surface area contributed by atoms with Crippen LogP contribution in [0.4, 0.5) is 0 Å². The zero-order valence-electron chi connectivity index (χ0n) is 13.0. The first-order valence-electron chi connectivity index (χ1n) is 7.94. The van der Waals surface area contributed by atoms with E-state index in [4.69, 9.17) is 4.42 Å². The molecule has 0 atom stereocenters. The van der Waals surface area contributed by atoms with Crippen LogP contribution in [0.5, 0.6) is 0 Å². The van der Waals surface area contributed by atoms with Crippen LogP contribution in [-0.4, -0.2) is 27.5 Å². The van der Waals surface area contributed by atoms with Crippen molar-refractivity contribution in [2.75, 3.05) is 0 Å². The van der Waals surface area contributed by atoms with Crippen molar-refractivity contribution >= 4 is 11.9 Å². The Hall–Kier alpha value is -1.85. The number of carboxylic acids is 1. The Morgan fingerprint density at radius 1 is 1.27 bits per heavy atom. The van der Waals surface area contributed by atoms with Crippen LogP contribution in [0, 0.1) is 12.8 Å². The highest BCUT2D eigenvalue weighted by atomic mass is 16.4. The topological polar surface area (TPSA) is 92.4 Å². The minimum absolute atomic E-state index is 0.154. The van der Waals surface area contributed by atoms with Crippen molar-refractivity contribution in [1.29, 1.82) is 0 Å². The second-order valence-electron chi connectivity index (χ2n) is 6.76. The van der Waals surface area contributed by atoms with E-state index in [1.807, 2.05) is 0 Å². The molecule has 0 spiro atoms. The molecule has 1 heterocycles. The minimum atomic E-state index is -1.18. The molecule has 2 fully saturated rings. The molecule has 6 nitrogen and oxygen atoms in total. The number of oxazole rings is 1. The lowest BCUT2D eigenvalue weighted by atomic mass is 9.77. The summed E-state index contributed by atoms with van der Waals surface area (Å²) in [4.78, 5) is 28.5. The van der Waals surface area contributed by atoms with Gasteiger partial charge in [0.1, 0.15) is 5.54 Å². The van der Waals surface area contributed by atoms with Crippen molar-refractivity contribution in [2.24, 2.45) is 5.92 Å². The Morgan fingerprint density at radius 3 is 2.45 bits per heavy atom. The maximum absolute atomic E-state index is 12.5. The predicted octanol–water partition coefficient (Wildman–Crippen LogP) is 2.62. The lowest BCUT2D eigenvalue weighted by molar-refractivity contribution is -0.146. The summed E-state index contributed by atoms with van der Waals surface area (Å²) in [5, 5.41) is 12.3. The van der Waals surface area contributed by atoms with Gasteiger partial charge in [0, 0.05) is 5.92 Å². The van der Waals surface area contributed by atoms with Crippen molar-refractivity contribution in [3.63, 3.8) is 0 Å². The van der Waals surface area contributed by atoms with E-state index in [9.17, 15) is 14.7 Å². The normalized spacial score (nSPS) is 28.4. The number of carbonyl (C=O) groups is 2. The van der Waals surface area contributed by atoms with Gasteiger partial charge in [-0.1, -0.05) is 6.92 Å². The Kier molecular flexibility index (Phi) is 3.70. The quantitative estimate of drug-likeness (QED) is 0.892. The molecule has 0 saturated heterocycles. The number of aliphatic carboxylic acids is 1. The molecular formula is C16H22N2O4. The summed E-state index contributed by atoms with van der Waals surface area (Å²) in [6.45, 7) is 3.83. The van der Waals surface area contributed by atoms with Crippen LogP contribution >= 0.6 is 0 Å². The van der Waals surface area contributed by atoms with Gasteiger partial charge in [-0.3, -0.25) is 4.79 Å². The molecule has 1 aromatic heterocycles. The minimum Gasteiger partial charge on any atom is -0.480 e. The van der Waals surface area contributed by atoms with Crippen LogP contribution in [0.15, 0.2) is 4.42 Å². The van der Waals surface area contributed by atoms with Gasteiger partial charge in [0.15, 0.2) is 5.89 Å². The summed E-state index contributed by atoms with van der Waals surface area (Å²) in [5.41, 5.74) is -0.646. The smallest absolute Gasteiger partial charge is 0.329 e. The van der Waals surface area contributed by atoms with E-state index < -0.39 is 17.4 Å². The average molecular weight is 306 g/mol. The van der Waals surface area contributed by atoms with Crippen molar-refractivity contribution in [3.05, 3.63) is 17.3 Å². The molecule has 1 amide bonds. The molecule has 0 unspecified atom stereocenters. The lowest BCUT2D eigenvalue weighted by Crippen LogP contribution is -2.56. The van der Waals surface area contributed by atoms with E-state index in [1.165, 1.54) is 0 Å². The standard InChI is InChI=1S/C16H22N2O4/c1-9-5-7-16(8-6-9,15(20)21)18-13(19)12-10(2)17-14(22-12)11-3-4-11/h9,11H,3-8H2,1-2H3,(H,18,19)(H,20,21). The molecule has 6 heteroatoms. The molecule has 120 valence electrons. The molecule has 0 aromatic carbocycles. The second kappa shape index (κ2) is 5.41. The fraction of sp³-hybridized carbons (Fsp3) is 0.688. The average Bonchev–Trinajstić information content (AvgIpc) is 3.24. The van der Waals surface area contributed by atoms with E-state index in [0.717, 1.165) is 25.7 Å². The molecule has 0 bridgehead atoms. The fourth-order valence-corrected chi connectivity index (χ4v) is 3.05. The van der Waals surface area contributed by atoms with Crippen molar-refractivity contribution in [3.8, 4) is 0 Å². The van der Waals surface area contributed by atoms with Gasteiger partial charge in [-0.05, 0) is 51.4 Å². The van der Waals surface area contributed by atoms with E-state index in [0.29, 0.717) is 36.3 Å². The lowest BCUT2D eigenvalue weighted by Gasteiger charge is -2.36. The summed E-state index contributed by atoms with van der Waals surface area (Å²) in [6.07, 6.45) is 4.59. The monoisotopic (exact) mass is 306 g/mol. The first-order valence-corrected chi connectivity index (χ1v) is 7.94. The number of nitrogens with one attached hydrogen (secondary N) is 1. The summed E-state index contributed by atoms with van der Waals surface area (Å²) in [6, 6.07) is 0. The molecule has 0 radical (unpaired) electrons. The van der Waals surface area contributed by atoms with Crippen LogP contribution in [0.2, 0.25) is 0 Å². The summed E-state index contributed by atoms with van der Waals surface area (Å²) in [5.74, 6) is 0.147. The molecule has 2 aliphatic carbocycles. The maximum Gasteiger partial charge on any atom is 0.329 e. The number of carbonyl (C=O) groups excluding carboxylic acids is 1. The van der Waals surface area contributed by atoms with Gasteiger partial charge in [-0.15, -0.1) is 0 Å². The van der Waals surface area contributed by atoms with Gasteiger partial charge in [0.25, 0.3) is 5.91 Å². The van der Waals surface area contributed by atoms with Crippen molar-refractivity contribution < 1.29 is 19.1 Å². The van der Waals surface area contributed by atoms with Crippen molar-refractivity contribution in [2.45, 2.75) is 63.8 Å². The molecule has 2 saturated carbocycles. The number of hydrogen-bond acceptors (Lipinski definition) is 4. The van der Waals surface area contributed by atoms with Gasteiger partial charge >= 0.3 is 5.97 Å². The van der Waals surface area contributed by atoms with Gasteiger partial charge in [0.05, 0.1) is 5.69 Å². The molecule has 3 rings (SSSR count). The number of amides is 1. The van der Waals surface area contributed by atoms with Crippen LogP contribution < -0.4 is 5.32 Å². The number of aryl methyl sites for hydroxylation is 1. The van der Waals surface area contributed by atoms with Gasteiger partial charge in [0.2, 0.25) is 5.76 Å². The Balaban J connectivity index is 1.78. The highest BCUT2D eigenvalue weighted by Crippen LogP contribution is 2.40. The number of nitrogens with zero attached hydrogens (tertiary/aromatic N) is 1. The van der Waals surface area contributed by atoms with Crippen LogP contribution in [0.25, 0.3) is 0 Å². The van der Waals surface area contributed by atoms with E-state index >= 15 is 0 Å². The number of rotatable bonds is 4. The second-order valence-corrected chi connectivity index (χ2v) is 6.76. The Bertz CT molecular complexity index is 595. The predicted molar refractivity (Wildman–Crippen MR) is 78.7 cm³/mol. The van der Waals surface area contributed by atoms with Crippen LogP contribution in [-0.2, 0) is 4.79 Å². The zero-order chi connectivity index (χ0) is 15.9. The zero-order valence-corrected chi connectivity index (χ0v) is 13.0. The Labute approximate surface area is 129 Å². The summed E-state index contributed by atoms with van der Waals surface area (Å²) in [7, 11) is 0. The molecule has 2 aliphatic rings. The number of hydrogen-bond donors (Lipinski definition) is 2. The summed E-state index contributed by atoms with van der Waals surface area (Å²) < 4.78 is 5.57. The number of carboxylic acid groups (broad SMARTS) is 1. The largest absolute Gasteiger partial charge is 0.480 e. The molecule has 1 aromatic rings. The number of aromatic nitrogens is 1. The van der Waals surface area contributed by atoms with E-state index in [2.05, 4.69) is 17.2 Å². The Morgan fingerprint density at radius 2 is 1.91 bits per heavy atom. The summed E-state index contributed by atoms with van der Waals surface area (Å²) >= 11 is 0. The van der Waals surface area contributed by atoms with Crippen LogP contribution in [0.1, 0.15) is 73.5 Å². The van der Waals surface area contributed by atoms with Gasteiger partial charge in [-0.2, -0.15) is 0 Å². The molecule has 22 heavy (non-hydrogen) atoms. The molecule has 2 N–H and O–H groups in total. The highest BCUT2D eigenvalue weighted by Gasteiger charge is 2.43.